The van der Waals surface area contributed by atoms with Gasteiger partial charge in [0.25, 0.3) is 0 Å². The van der Waals surface area contributed by atoms with Crippen LogP contribution < -0.4 is 5.32 Å². The number of nitrogens with one attached hydrogen (secondary N) is 1. The van der Waals surface area contributed by atoms with Crippen LogP contribution in [0.4, 0.5) is 5.69 Å². The van der Waals surface area contributed by atoms with Gasteiger partial charge in [0.2, 0.25) is 0 Å². The van der Waals surface area contributed by atoms with Crippen LogP contribution in [0.1, 0.15) is 37.8 Å². The Bertz CT molecular complexity index is 621. The SMILES string of the molecule is CCCNc1cc(C2CC2)nc2c(Br)cc(Br)cc12. The Hall–Kier alpha value is -0.610. The molecule has 0 saturated heterocycles. The molecule has 1 aliphatic rings. The zero-order valence-electron chi connectivity index (χ0n) is 10.8. The van der Waals surface area contributed by atoms with Gasteiger partial charge in [-0.25, -0.2) is 0 Å². The number of halogens is 2. The smallest absolute Gasteiger partial charge is 0.0868 e. The minimum absolute atomic E-state index is 0.669. The maximum Gasteiger partial charge on any atom is 0.0868 e. The van der Waals surface area contributed by atoms with Gasteiger partial charge in [0.1, 0.15) is 0 Å². The van der Waals surface area contributed by atoms with E-state index < -0.39 is 0 Å². The molecule has 2 nitrogen and oxygen atoms in total. The number of benzene rings is 1. The first-order chi connectivity index (χ1) is 9.19. The molecule has 4 heteroatoms. The van der Waals surface area contributed by atoms with Crippen LogP contribution in [0.3, 0.4) is 0 Å². The molecule has 1 saturated carbocycles. The molecule has 2 aromatic rings. The van der Waals surface area contributed by atoms with Gasteiger partial charge in [-0.05, 0) is 53.4 Å². The summed E-state index contributed by atoms with van der Waals surface area (Å²) in [5, 5.41) is 4.71. The zero-order chi connectivity index (χ0) is 13.4. The first-order valence-corrected chi connectivity index (χ1v) is 8.31. The maximum absolute atomic E-state index is 4.84. The number of pyridine rings is 1. The standard InChI is InChI=1S/C15H16Br2N2/c1-2-5-18-14-8-13(9-3-4-9)19-15-11(14)6-10(16)7-12(15)17/h6-9H,2-5H2,1H3,(H,18,19). The summed E-state index contributed by atoms with van der Waals surface area (Å²) in [4.78, 5) is 4.84. The van der Waals surface area contributed by atoms with Crippen molar-refractivity contribution in [3.05, 3.63) is 32.8 Å². The van der Waals surface area contributed by atoms with Crippen LogP contribution in [0.15, 0.2) is 27.1 Å². The third kappa shape index (κ3) is 2.79. The summed E-state index contributed by atoms with van der Waals surface area (Å²) < 4.78 is 2.13. The van der Waals surface area contributed by atoms with E-state index in [0.717, 1.165) is 27.4 Å². The Morgan fingerprint density at radius 3 is 2.74 bits per heavy atom. The number of aromatic nitrogens is 1. The second kappa shape index (κ2) is 5.41. The lowest BCUT2D eigenvalue weighted by Gasteiger charge is -2.12. The normalized spacial score (nSPS) is 14.9. The summed E-state index contributed by atoms with van der Waals surface area (Å²) in [5.41, 5.74) is 3.50. The number of fused-ring (bicyclic) bond motifs is 1. The Balaban J connectivity index is 2.17. The lowest BCUT2D eigenvalue weighted by molar-refractivity contribution is 0.976. The van der Waals surface area contributed by atoms with E-state index in [1.54, 1.807) is 0 Å². The van der Waals surface area contributed by atoms with Crippen molar-refractivity contribution in [1.82, 2.24) is 4.98 Å². The van der Waals surface area contributed by atoms with Crippen molar-refractivity contribution >= 4 is 48.5 Å². The summed E-state index contributed by atoms with van der Waals surface area (Å²) in [7, 11) is 0. The van der Waals surface area contributed by atoms with Crippen molar-refractivity contribution in [2.75, 3.05) is 11.9 Å². The number of nitrogens with zero attached hydrogens (tertiary/aromatic N) is 1. The number of anilines is 1. The molecule has 0 atom stereocenters. The molecule has 1 heterocycles. The average molecular weight is 384 g/mol. The average Bonchev–Trinajstić information content (AvgIpc) is 3.20. The predicted octanol–water partition coefficient (Wildman–Crippen LogP) is 5.46. The lowest BCUT2D eigenvalue weighted by atomic mass is 10.1. The molecule has 3 rings (SSSR count). The quantitative estimate of drug-likeness (QED) is 0.758. The second-order valence-corrected chi connectivity index (χ2v) is 6.85. The number of rotatable bonds is 4. The van der Waals surface area contributed by atoms with Crippen molar-refractivity contribution in [1.29, 1.82) is 0 Å². The van der Waals surface area contributed by atoms with Crippen LogP contribution in [-0.2, 0) is 0 Å². The molecule has 1 aromatic heterocycles. The summed E-state index contributed by atoms with van der Waals surface area (Å²) in [6.45, 7) is 3.18. The first kappa shape index (κ1) is 13.4. The van der Waals surface area contributed by atoms with Gasteiger partial charge >= 0.3 is 0 Å². The number of hydrogen-bond acceptors (Lipinski definition) is 2. The van der Waals surface area contributed by atoms with E-state index in [-0.39, 0.29) is 0 Å². The molecule has 0 radical (unpaired) electrons. The van der Waals surface area contributed by atoms with Gasteiger partial charge in [-0.15, -0.1) is 0 Å². The minimum atomic E-state index is 0.669. The van der Waals surface area contributed by atoms with Gasteiger partial charge in [-0.2, -0.15) is 0 Å². The Morgan fingerprint density at radius 1 is 1.26 bits per heavy atom. The fraction of sp³-hybridized carbons (Fsp3) is 0.400. The van der Waals surface area contributed by atoms with Crippen molar-refractivity contribution in [3.8, 4) is 0 Å². The van der Waals surface area contributed by atoms with Gasteiger partial charge < -0.3 is 5.32 Å². The molecule has 0 spiro atoms. The molecule has 1 aromatic carbocycles. The van der Waals surface area contributed by atoms with E-state index in [1.165, 1.54) is 29.6 Å². The van der Waals surface area contributed by atoms with Crippen molar-refractivity contribution in [2.24, 2.45) is 0 Å². The van der Waals surface area contributed by atoms with Crippen LogP contribution in [0.2, 0.25) is 0 Å². The van der Waals surface area contributed by atoms with Crippen LogP contribution >= 0.6 is 31.9 Å². The van der Waals surface area contributed by atoms with Gasteiger partial charge in [0.15, 0.2) is 0 Å². The molecule has 1 aliphatic carbocycles. The highest BCUT2D eigenvalue weighted by Crippen LogP contribution is 2.42. The molecular formula is C15H16Br2N2. The van der Waals surface area contributed by atoms with Gasteiger partial charge in [-0.1, -0.05) is 22.9 Å². The number of hydrogen-bond donors (Lipinski definition) is 1. The van der Waals surface area contributed by atoms with E-state index in [1.807, 2.05) is 0 Å². The van der Waals surface area contributed by atoms with E-state index >= 15 is 0 Å². The maximum atomic E-state index is 4.84. The van der Waals surface area contributed by atoms with Crippen molar-refractivity contribution in [3.63, 3.8) is 0 Å². The molecule has 0 unspecified atom stereocenters. The fourth-order valence-corrected chi connectivity index (χ4v) is 3.58. The molecule has 100 valence electrons. The predicted molar refractivity (Wildman–Crippen MR) is 87.9 cm³/mol. The van der Waals surface area contributed by atoms with Crippen molar-refractivity contribution < 1.29 is 0 Å². The highest BCUT2D eigenvalue weighted by atomic mass is 79.9. The van der Waals surface area contributed by atoms with Crippen LogP contribution in [0.25, 0.3) is 10.9 Å². The van der Waals surface area contributed by atoms with E-state index in [9.17, 15) is 0 Å². The van der Waals surface area contributed by atoms with Crippen LogP contribution in [0.5, 0.6) is 0 Å². The van der Waals surface area contributed by atoms with Crippen LogP contribution in [-0.4, -0.2) is 11.5 Å². The monoisotopic (exact) mass is 382 g/mol. The van der Waals surface area contributed by atoms with E-state index in [0.29, 0.717) is 5.92 Å². The van der Waals surface area contributed by atoms with Gasteiger partial charge in [0, 0.05) is 38.2 Å². The van der Waals surface area contributed by atoms with Crippen molar-refractivity contribution in [2.45, 2.75) is 32.1 Å². The Labute approximate surface area is 130 Å². The van der Waals surface area contributed by atoms with E-state index in [4.69, 9.17) is 4.98 Å². The molecule has 1 N–H and O–H groups in total. The topological polar surface area (TPSA) is 24.9 Å². The molecule has 0 bridgehead atoms. The highest BCUT2D eigenvalue weighted by molar-refractivity contribution is 9.11. The fourth-order valence-electron chi connectivity index (χ4n) is 2.27. The third-order valence-electron chi connectivity index (χ3n) is 3.41. The minimum Gasteiger partial charge on any atom is -0.384 e. The third-order valence-corrected chi connectivity index (χ3v) is 4.47. The summed E-state index contributed by atoms with van der Waals surface area (Å²) >= 11 is 7.19. The van der Waals surface area contributed by atoms with E-state index in [2.05, 4.69) is 62.3 Å². The lowest BCUT2D eigenvalue weighted by Crippen LogP contribution is -2.02. The summed E-state index contributed by atoms with van der Waals surface area (Å²) in [5.74, 6) is 0.669. The molecule has 1 fully saturated rings. The Morgan fingerprint density at radius 2 is 2.05 bits per heavy atom. The molecule has 0 aliphatic heterocycles. The second-order valence-electron chi connectivity index (χ2n) is 5.08. The Kier molecular flexibility index (Phi) is 3.81. The largest absolute Gasteiger partial charge is 0.384 e. The molecular weight excluding hydrogens is 368 g/mol. The van der Waals surface area contributed by atoms with Gasteiger partial charge in [-0.3, -0.25) is 4.98 Å². The summed E-state index contributed by atoms with van der Waals surface area (Å²) in [6, 6.07) is 6.44. The van der Waals surface area contributed by atoms with Gasteiger partial charge in [0.05, 0.1) is 5.52 Å². The highest BCUT2D eigenvalue weighted by Gasteiger charge is 2.26. The summed E-state index contributed by atoms with van der Waals surface area (Å²) in [6.07, 6.45) is 3.68. The first-order valence-electron chi connectivity index (χ1n) is 6.72. The molecule has 0 amide bonds. The molecule has 19 heavy (non-hydrogen) atoms. The van der Waals surface area contributed by atoms with Crippen LogP contribution in [0, 0.1) is 0 Å². The zero-order valence-corrected chi connectivity index (χ0v) is 14.0.